The highest BCUT2D eigenvalue weighted by atomic mass is 16.3. The molecule has 0 aliphatic heterocycles. The first-order valence-electron chi connectivity index (χ1n) is 3.37. The Morgan fingerprint density at radius 1 is 1.70 bits per heavy atom. The summed E-state index contributed by atoms with van der Waals surface area (Å²) in [5, 5.41) is 0. The van der Waals surface area contributed by atoms with Crippen LogP contribution in [0.15, 0.2) is 16.7 Å². The summed E-state index contributed by atoms with van der Waals surface area (Å²) < 4.78 is 5.17. The Kier molecular flexibility index (Phi) is 2.48. The van der Waals surface area contributed by atoms with Gasteiger partial charge in [0.05, 0.1) is 6.26 Å². The Hall–Kier alpha value is -0.800. The minimum absolute atomic E-state index is 0.680. The van der Waals surface area contributed by atoms with E-state index < -0.39 is 0 Å². The van der Waals surface area contributed by atoms with Gasteiger partial charge in [0.25, 0.3) is 0 Å². The van der Waals surface area contributed by atoms with Crippen molar-refractivity contribution in [2.75, 3.05) is 0 Å². The van der Waals surface area contributed by atoms with E-state index in [0.29, 0.717) is 6.54 Å². The monoisotopic (exact) mass is 140 g/mol. The molecular weight excluding hydrogens is 128 g/mol. The zero-order valence-electron chi connectivity index (χ0n) is 6.05. The third kappa shape index (κ3) is 1.37. The molecule has 1 rings (SSSR count). The van der Waals surface area contributed by atoms with Crippen molar-refractivity contribution in [3.8, 4) is 0 Å². The summed E-state index contributed by atoms with van der Waals surface area (Å²) in [6, 6.07) is 1.93. The lowest BCUT2D eigenvalue weighted by atomic mass is 10.2. The minimum atomic E-state index is 0.680. The number of nitrogens with two attached hydrogens (primary N) is 1. The highest BCUT2D eigenvalue weighted by Crippen LogP contribution is 2.09. The molecule has 0 saturated heterocycles. The predicted molar refractivity (Wildman–Crippen MR) is 39.1 cm³/mol. The van der Waals surface area contributed by atoms with Crippen LogP contribution in [-0.2, 0) is 13.0 Å². The summed E-state index contributed by atoms with van der Waals surface area (Å²) in [6.07, 6.45) is 2.61. The topological polar surface area (TPSA) is 51.2 Å². The molecule has 56 valence electrons. The van der Waals surface area contributed by atoms with Gasteiger partial charge < -0.3 is 4.42 Å². The van der Waals surface area contributed by atoms with Crippen molar-refractivity contribution in [3.05, 3.63) is 23.7 Å². The van der Waals surface area contributed by atoms with Crippen molar-refractivity contribution >= 4 is 0 Å². The maximum atomic E-state index is 5.17. The molecule has 1 aromatic heterocycles. The van der Waals surface area contributed by atoms with Crippen LogP contribution in [-0.4, -0.2) is 0 Å². The van der Waals surface area contributed by atoms with E-state index in [9.17, 15) is 0 Å². The van der Waals surface area contributed by atoms with Gasteiger partial charge in [0.15, 0.2) is 0 Å². The molecule has 0 atom stereocenters. The maximum absolute atomic E-state index is 5.17. The number of rotatable bonds is 3. The van der Waals surface area contributed by atoms with Gasteiger partial charge in [-0.3, -0.25) is 11.3 Å². The molecule has 1 heterocycles. The number of nitrogens with one attached hydrogen (secondary N) is 1. The molecule has 0 spiro atoms. The molecule has 1 aromatic rings. The van der Waals surface area contributed by atoms with Crippen LogP contribution < -0.4 is 11.3 Å². The lowest BCUT2D eigenvalue weighted by molar-refractivity contribution is 0.508. The molecule has 0 unspecified atom stereocenters. The van der Waals surface area contributed by atoms with Crippen molar-refractivity contribution in [1.82, 2.24) is 5.43 Å². The lowest BCUT2D eigenvalue weighted by Crippen LogP contribution is -2.21. The first-order valence-corrected chi connectivity index (χ1v) is 3.37. The first-order chi connectivity index (χ1) is 4.88. The molecule has 3 heteroatoms. The van der Waals surface area contributed by atoms with Gasteiger partial charge >= 0.3 is 0 Å². The van der Waals surface area contributed by atoms with Gasteiger partial charge in [0.1, 0.15) is 5.76 Å². The number of aryl methyl sites for hydroxylation is 1. The largest absolute Gasteiger partial charge is 0.469 e. The van der Waals surface area contributed by atoms with Gasteiger partial charge in [-0.1, -0.05) is 6.92 Å². The van der Waals surface area contributed by atoms with E-state index in [4.69, 9.17) is 10.3 Å². The van der Waals surface area contributed by atoms with Crippen molar-refractivity contribution in [2.45, 2.75) is 19.9 Å². The number of furan rings is 1. The summed E-state index contributed by atoms with van der Waals surface area (Å²) in [5.74, 6) is 6.16. The average Bonchev–Trinajstić information content (AvgIpc) is 2.36. The smallest absolute Gasteiger partial charge is 0.108 e. The van der Waals surface area contributed by atoms with Crippen LogP contribution in [0.1, 0.15) is 18.2 Å². The summed E-state index contributed by atoms with van der Waals surface area (Å²) in [4.78, 5) is 0. The van der Waals surface area contributed by atoms with Crippen LogP contribution in [0.5, 0.6) is 0 Å². The first kappa shape index (κ1) is 7.31. The molecule has 10 heavy (non-hydrogen) atoms. The van der Waals surface area contributed by atoms with Gasteiger partial charge in [0.2, 0.25) is 0 Å². The van der Waals surface area contributed by atoms with Crippen LogP contribution in [0.4, 0.5) is 0 Å². The van der Waals surface area contributed by atoms with Crippen LogP contribution in [0.25, 0.3) is 0 Å². The van der Waals surface area contributed by atoms with Crippen LogP contribution in [0, 0.1) is 0 Å². The summed E-state index contributed by atoms with van der Waals surface area (Å²) in [6.45, 7) is 2.73. The fourth-order valence-electron chi connectivity index (χ4n) is 0.945. The normalized spacial score (nSPS) is 10.2. The fraction of sp³-hybridized carbons (Fsp3) is 0.429. The van der Waals surface area contributed by atoms with E-state index in [1.165, 1.54) is 0 Å². The molecule has 0 aliphatic rings. The van der Waals surface area contributed by atoms with Crippen molar-refractivity contribution < 1.29 is 4.42 Å². The molecule has 0 saturated carbocycles. The van der Waals surface area contributed by atoms with E-state index in [2.05, 4.69) is 12.3 Å². The van der Waals surface area contributed by atoms with E-state index in [0.717, 1.165) is 17.7 Å². The molecule has 0 aromatic carbocycles. The minimum Gasteiger partial charge on any atom is -0.469 e. The highest BCUT2D eigenvalue weighted by Gasteiger charge is 2.00. The zero-order chi connectivity index (χ0) is 7.40. The van der Waals surface area contributed by atoms with Crippen LogP contribution >= 0.6 is 0 Å². The van der Waals surface area contributed by atoms with Crippen molar-refractivity contribution in [2.24, 2.45) is 5.84 Å². The standard InChI is InChI=1S/C7H12N2O/c1-2-7-6(5-9-8)3-4-10-7/h3-4,9H,2,5,8H2,1H3. The summed E-state index contributed by atoms with van der Waals surface area (Å²) >= 11 is 0. The molecule has 3 nitrogen and oxygen atoms in total. The second kappa shape index (κ2) is 3.39. The molecule has 0 radical (unpaired) electrons. The number of hydrogen-bond acceptors (Lipinski definition) is 3. The Morgan fingerprint density at radius 2 is 2.50 bits per heavy atom. The van der Waals surface area contributed by atoms with Gasteiger partial charge in [-0.15, -0.1) is 0 Å². The van der Waals surface area contributed by atoms with Gasteiger partial charge in [-0.05, 0) is 6.07 Å². The fourth-order valence-corrected chi connectivity index (χ4v) is 0.945. The Balaban J connectivity index is 2.70. The number of hydrazine groups is 1. The van der Waals surface area contributed by atoms with Crippen molar-refractivity contribution in [3.63, 3.8) is 0 Å². The molecular formula is C7H12N2O. The Morgan fingerprint density at radius 3 is 3.10 bits per heavy atom. The molecule has 0 aliphatic carbocycles. The van der Waals surface area contributed by atoms with Gasteiger partial charge in [0, 0.05) is 18.5 Å². The van der Waals surface area contributed by atoms with Gasteiger partial charge in [-0.25, -0.2) is 0 Å². The second-order valence-corrected chi connectivity index (χ2v) is 2.10. The SMILES string of the molecule is CCc1occc1CNN. The quantitative estimate of drug-likeness (QED) is 0.482. The Bertz CT molecular complexity index is 195. The van der Waals surface area contributed by atoms with Crippen molar-refractivity contribution in [1.29, 1.82) is 0 Å². The summed E-state index contributed by atoms with van der Waals surface area (Å²) in [7, 11) is 0. The van der Waals surface area contributed by atoms with E-state index in [1.54, 1.807) is 6.26 Å². The lowest BCUT2D eigenvalue weighted by Gasteiger charge is -1.96. The van der Waals surface area contributed by atoms with Gasteiger partial charge in [-0.2, -0.15) is 0 Å². The summed E-state index contributed by atoms with van der Waals surface area (Å²) in [5.41, 5.74) is 3.73. The molecule has 0 bridgehead atoms. The second-order valence-electron chi connectivity index (χ2n) is 2.10. The van der Waals surface area contributed by atoms with E-state index in [1.807, 2.05) is 6.07 Å². The van der Waals surface area contributed by atoms with E-state index in [-0.39, 0.29) is 0 Å². The van der Waals surface area contributed by atoms with E-state index >= 15 is 0 Å². The average molecular weight is 140 g/mol. The van der Waals surface area contributed by atoms with Crippen LogP contribution in [0.2, 0.25) is 0 Å². The number of hydrogen-bond donors (Lipinski definition) is 2. The molecule has 3 N–H and O–H groups in total. The Labute approximate surface area is 60.2 Å². The highest BCUT2D eigenvalue weighted by molar-refractivity contribution is 5.16. The molecule has 0 fully saturated rings. The third-order valence-corrected chi connectivity index (χ3v) is 1.45. The predicted octanol–water partition coefficient (Wildman–Crippen LogP) is 0.805. The molecule has 0 amide bonds. The van der Waals surface area contributed by atoms with Crippen LogP contribution in [0.3, 0.4) is 0 Å². The maximum Gasteiger partial charge on any atom is 0.108 e. The zero-order valence-corrected chi connectivity index (χ0v) is 6.05. The third-order valence-electron chi connectivity index (χ3n) is 1.45.